The van der Waals surface area contributed by atoms with Crippen LogP contribution in [0.3, 0.4) is 0 Å². The fraction of sp³-hybridized carbons (Fsp3) is 0.385. The van der Waals surface area contributed by atoms with Gasteiger partial charge in [0.05, 0.1) is 18.1 Å². The van der Waals surface area contributed by atoms with E-state index in [1.54, 1.807) is 6.07 Å². The summed E-state index contributed by atoms with van der Waals surface area (Å²) in [5, 5.41) is 0. The molecule has 1 rings (SSSR count). The number of benzene rings is 1. The Bertz CT molecular complexity index is 415. The zero-order valence-corrected chi connectivity index (χ0v) is 9.90. The van der Waals surface area contributed by atoms with Gasteiger partial charge < -0.3 is 4.74 Å². The number of carbonyl (C=O) groups is 2. The third kappa shape index (κ3) is 3.46. The number of ketones is 2. The monoisotopic (exact) mass is 238 g/mol. The molecule has 0 N–H and O–H groups in total. The van der Waals surface area contributed by atoms with Crippen molar-refractivity contribution >= 4 is 11.6 Å². The predicted molar refractivity (Wildman–Crippen MR) is 61.4 cm³/mol. The molecule has 0 aromatic heterocycles. The van der Waals surface area contributed by atoms with Gasteiger partial charge in [0.1, 0.15) is 11.6 Å². The Kier molecular flexibility index (Phi) is 4.97. The van der Waals surface area contributed by atoms with Gasteiger partial charge >= 0.3 is 0 Å². The van der Waals surface area contributed by atoms with Crippen molar-refractivity contribution in [3.8, 4) is 0 Å². The molecule has 0 aliphatic heterocycles. The Morgan fingerprint density at radius 1 is 1.35 bits per heavy atom. The molecule has 3 nitrogen and oxygen atoms in total. The average Bonchev–Trinajstić information content (AvgIpc) is 2.34. The van der Waals surface area contributed by atoms with Crippen molar-refractivity contribution in [2.45, 2.75) is 13.3 Å². The van der Waals surface area contributed by atoms with Gasteiger partial charge in [0.15, 0.2) is 5.78 Å². The third-order valence-corrected chi connectivity index (χ3v) is 2.57. The summed E-state index contributed by atoms with van der Waals surface area (Å²) in [6.45, 7) is 1.76. The van der Waals surface area contributed by atoms with E-state index in [9.17, 15) is 14.0 Å². The summed E-state index contributed by atoms with van der Waals surface area (Å²) >= 11 is 0. The minimum Gasteiger partial charge on any atom is -0.384 e. The molecule has 4 heteroatoms. The van der Waals surface area contributed by atoms with Crippen LogP contribution in [0.1, 0.15) is 23.7 Å². The van der Waals surface area contributed by atoms with Crippen LogP contribution in [0.2, 0.25) is 0 Å². The first-order valence-electron chi connectivity index (χ1n) is 5.38. The number of rotatable bonds is 6. The molecule has 0 saturated heterocycles. The van der Waals surface area contributed by atoms with E-state index >= 15 is 0 Å². The standard InChI is InChI=1S/C13H15FO3/c1-9(12(15)7-8-17-2)13(16)10-5-3-4-6-11(10)14/h3-6,9H,7-8H2,1-2H3. The van der Waals surface area contributed by atoms with Crippen LogP contribution >= 0.6 is 0 Å². The highest BCUT2D eigenvalue weighted by Gasteiger charge is 2.24. The summed E-state index contributed by atoms with van der Waals surface area (Å²) in [6, 6.07) is 5.67. The van der Waals surface area contributed by atoms with Crippen LogP contribution in [0.4, 0.5) is 4.39 Å². The summed E-state index contributed by atoms with van der Waals surface area (Å²) in [7, 11) is 1.48. The minimum atomic E-state index is -0.831. The second-order valence-electron chi connectivity index (χ2n) is 3.77. The molecule has 0 heterocycles. The predicted octanol–water partition coefficient (Wildman–Crippen LogP) is 2.25. The molecule has 1 unspecified atom stereocenters. The van der Waals surface area contributed by atoms with Gasteiger partial charge in [-0.25, -0.2) is 4.39 Å². The van der Waals surface area contributed by atoms with Gasteiger partial charge in [-0.05, 0) is 19.1 Å². The van der Waals surface area contributed by atoms with Crippen molar-refractivity contribution in [2.24, 2.45) is 5.92 Å². The Labute approximate surface area is 99.6 Å². The number of hydrogen-bond acceptors (Lipinski definition) is 3. The number of Topliss-reactive ketones (excluding diaryl/α,β-unsaturated/α-hetero) is 2. The minimum absolute atomic E-state index is 0.0363. The lowest BCUT2D eigenvalue weighted by molar-refractivity contribution is -0.121. The summed E-state index contributed by atoms with van der Waals surface area (Å²) in [4.78, 5) is 23.5. The number of methoxy groups -OCH3 is 1. The topological polar surface area (TPSA) is 43.4 Å². The summed E-state index contributed by atoms with van der Waals surface area (Å²) in [6.07, 6.45) is 0.165. The van der Waals surface area contributed by atoms with Crippen molar-refractivity contribution < 1.29 is 18.7 Å². The van der Waals surface area contributed by atoms with Crippen LogP contribution in [-0.4, -0.2) is 25.3 Å². The molecule has 1 atom stereocenters. The molecule has 0 aliphatic rings. The van der Waals surface area contributed by atoms with Crippen LogP contribution in [0.25, 0.3) is 0 Å². The van der Waals surface area contributed by atoms with E-state index in [4.69, 9.17) is 4.74 Å². The highest BCUT2D eigenvalue weighted by molar-refractivity contribution is 6.10. The van der Waals surface area contributed by atoms with E-state index in [-0.39, 0.29) is 24.4 Å². The SMILES string of the molecule is COCCC(=O)C(C)C(=O)c1ccccc1F. The third-order valence-electron chi connectivity index (χ3n) is 2.57. The first-order valence-corrected chi connectivity index (χ1v) is 5.38. The molecule has 0 spiro atoms. The number of ether oxygens (including phenoxy) is 1. The smallest absolute Gasteiger partial charge is 0.175 e. The van der Waals surface area contributed by atoms with E-state index in [0.717, 1.165) is 0 Å². The Morgan fingerprint density at radius 3 is 2.59 bits per heavy atom. The highest BCUT2D eigenvalue weighted by atomic mass is 19.1. The molecule has 1 aromatic rings. The van der Waals surface area contributed by atoms with Crippen LogP contribution in [0, 0.1) is 11.7 Å². The molecule has 0 saturated carbocycles. The van der Waals surface area contributed by atoms with Crippen molar-refractivity contribution in [1.29, 1.82) is 0 Å². The average molecular weight is 238 g/mol. The van der Waals surface area contributed by atoms with Crippen molar-refractivity contribution in [2.75, 3.05) is 13.7 Å². The van der Waals surface area contributed by atoms with Crippen LogP contribution in [0.15, 0.2) is 24.3 Å². The van der Waals surface area contributed by atoms with Gasteiger partial charge in [-0.15, -0.1) is 0 Å². The van der Waals surface area contributed by atoms with E-state index < -0.39 is 17.5 Å². The Hall–Kier alpha value is -1.55. The van der Waals surface area contributed by atoms with E-state index in [0.29, 0.717) is 0 Å². The first-order chi connectivity index (χ1) is 8.07. The molecule has 17 heavy (non-hydrogen) atoms. The van der Waals surface area contributed by atoms with Gasteiger partial charge in [-0.3, -0.25) is 9.59 Å². The second-order valence-corrected chi connectivity index (χ2v) is 3.77. The molecule has 0 radical (unpaired) electrons. The Morgan fingerprint density at radius 2 is 2.00 bits per heavy atom. The maximum Gasteiger partial charge on any atom is 0.175 e. The molecule has 0 fully saturated rings. The molecule has 92 valence electrons. The summed E-state index contributed by atoms with van der Waals surface area (Å²) in [5.74, 6) is -2.14. The maximum absolute atomic E-state index is 13.4. The van der Waals surface area contributed by atoms with Gasteiger partial charge in [0.2, 0.25) is 0 Å². The molecule has 0 aliphatic carbocycles. The molecule has 0 amide bonds. The quantitative estimate of drug-likeness (QED) is 0.564. The van der Waals surface area contributed by atoms with E-state index in [1.165, 1.54) is 32.2 Å². The van der Waals surface area contributed by atoms with Gasteiger partial charge in [-0.1, -0.05) is 12.1 Å². The number of hydrogen-bond donors (Lipinski definition) is 0. The van der Waals surface area contributed by atoms with Crippen molar-refractivity contribution in [3.05, 3.63) is 35.6 Å². The van der Waals surface area contributed by atoms with Crippen LogP contribution < -0.4 is 0 Å². The highest BCUT2D eigenvalue weighted by Crippen LogP contribution is 2.14. The van der Waals surface area contributed by atoms with Gasteiger partial charge in [0.25, 0.3) is 0 Å². The van der Waals surface area contributed by atoms with Crippen molar-refractivity contribution in [1.82, 2.24) is 0 Å². The van der Waals surface area contributed by atoms with Gasteiger partial charge in [-0.2, -0.15) is 0 Å². The second kappa shape index (κ2) is 6.25. The fourth-order valence-electron chi connectivity index (χ4n) is 1.46. The van der Waals surface area contributed by atoms with E-state index in [1.807, 2.05) is 0 Å². The number of halogens is 1. The van der Waals surface area contributed by atoms with Crippen molar-refractivity contribution in [3.63, 3.8) is 0 Å². The maximum atomic E-state index is 13.4. The van der Waals surface area contributed by atoms with Crippen LogP contribution in [0.5, 0.6) is 0 Å². The summed E-state index contributed by atoms with van der Waals surface area (Å²) < 4.78 is 18.1. The zero-order valence-electron chi connectivity index (χ0n) is 9.90. The molecule has 1 aromatic carbocycles. The Balaban J connectivity index is 2.77. The largest absolute Gasteiger partial charge is 0.384 e. The number of carbonyl (C=O) groups excluding carboxylic acids is 2. The normalized spacial score (nSPS) is 12.2. The van der Waals surface area contributed by atoms with Gasteiger partial charge in [0, 0.05) is 13.5 Å². The molecule has 0 bridgehead atoms. The lowest BCUT2D eigenvalue weighted by atomic mass is 9.94. The van der Waals surface area contributed by atoms with E-state index in [2.05, 4.69) is 0 Å². The van der Waals surface area contributed by atoms with Crippen LogP contribution in [-0.2, 0) is 9.53 Å². The summed E-state index contributed by atoms with van der Waals surface area (Å²) in [5.41, 5.74) is -0.0363. The molecular weight excluding hydrogens is 223 g/mol. The fourth-order valence-corrected chi connectivity index (χ4v) is 1.46. The zero-order chi connectivity index (χ0) is 12.8. The lowest BCUT2D eigenvalue weighted by Gasteiger charge is -2.09. The molecular formula is C13H15FO3. The lowest BCUT2D eigenvalue weighted by Crippen LogP contribution is -2.23. The first kappa shape index (κ1) is 13.5.